The largest absolute Gasteiger partial charge is 0.340 e. The van der Waals surface area contributed by atoms with Gasteiger partial charge in [0.2, 0.25) is 0 Å². The summed E-state index contributed by atoms with van der Waals surface area (Å²) >= 11 is 0. The van der Waals surface area contributed by atoms with E-state index in [4.69, 9.17) is 0 Å². The third kappa shape index (κ3) is 9.24. The lowest BCUT2D eigenvalue weighted by atomic mass is 9.76. The van der Waals surface area contributed by atoms with Crippen LogP contribution in [0.4, 0.5) is 5.69 Å². The predicted molar refractivity (Wildman–Crippen MR) is 155 cm³/mol. The maximum Gasteiger partial charge on any atom is 0.0570 e. The summed E-state index contributed by atoms with van der Waals surface area (Å²) in [6, 6.07) is 8.22. The molecule has 0 radical (unpaired) electrons. The molecule has 0 unspecified atom stereocenters. The Kier molecular flexibility index (Phi) is 14.0. The Hall–Kier alpha value is -2.76. The van der Waals surface area contributed by atoms with Crippen molar-refractivity contribution in [3.05, 3.63) is 90.7 Å². The molecule has 2 rings (SSSR count). The zero-order chi connectivity index (χ0) is 26.4. The van der Waals surface area contributed by atoms with Crippen LogP contribution in [0, 0.1) is 17.3 Å². The van der Waals surface area contributed by atoms with E-state index in [0.717, 1.165) is 47.5 Å². The van der Waals surface area contributed by atoms with E-state index in [1.165, 1.54) is 0 Å². The number of benzene rings is 1. The van der Waals surface area contributed by atoms with Gasteiger partial charge in [-0.2, -0.15) is 0 Å². The Balaban J connectivity index is 0.000000836. The maximum atomic E-state index is 4.28. The van der Waals surface area contributed by atoms with Gasteiger partial charge in [0.15, 0.2) is 0 Å². The van der Waals surface area contributed by atoms with Crippen LogP contribution in [0.1, 0.15) is 73.8 Å². The molecule has 2 heteroatoms. The highest BCUT2D eigenvalue weighted by atomic mass is 15.1. The number of para-hydroxylation sites is 1. The molecule has 1 aliphatic heterocycles. The molecule has 0 amide bonds. The average Bonchev–Trinajstić information content (AvgIpc) is 2.81. The third-order valence-corrected chi connectivity index (χ3v) is 6.30. The van der Waals surface area contributed by atoms with Crippen molar-refractivity contribution in [2.45, 2.75) is 73.8 Å². The van der Waals surface area contributed by atoms with Crippen LogP contribution in [0.15, 0.2) is 85.1 Å². The van der Waals surface area contributed by atoms with Crippen molar-refractivity contribution < 1.29 is 0 Å². The van der Waals surface area contributed by atoms with Crippen LogP contribution in [0.2, 0.25) is 0 Å². The second kappa shape index (κ2) is 15.2. The Morgan fingerprint density at radius 2 is 1.71 bits per heavy atom. The first-order chi connectivity index (χ1) is 16.0. The van der Waals surface area contributed by atoms with Crippen molar-refractivity contribution in [3.8, 4) is 11.8 Å². The number of hydrogen-bond acceptors (Lipinski definition) is 2. The standard InChI is InChI=1S/C22H23N.C8H19N.C2H6/c1-5-8-12-18(4)23-17-19(7-3)20(11-6-2)15-16-21-13-9-10-14-22(21)23;1-7(2,3)8(4,5)9-6;1-2/h5-7,9-11,13-14H,1,3-4,8,12,17H2,2H3;9H,1-6H3;1-2H3/b11-6-,20-19-;;. The van der Waals surface area contributed by atoms with Crippen molar-refractivity contribution in [2.24, 2.45) is 5.41 Å². The number of nitrogens with one attached hydrogen (secondary N) is 1. The fourth-order valence-corrected chi connectivity index (χ4v) is 2.92. The number of hydrogen-bond donors (Lipinski definition) is 1. The monoisotopic (exact) mass is 460 g/mol. The van der Waals surface area contributed by atoms with Crippen LogP contribution >= 0.6 is 0 Å². The third-order valence-electron chi connectivity index (χ3n) is 6.30. The van der Waals surface area contributed by atoms with Crippen LogP contribution < -0.4 is 10.2 Å². The van der Waals surface area contributed by atoms with Gasteiger partial charge in [-0.3, -0.25) is 0 Å². The van der Waals surface area contributed by atoms with Gasteiger partial charge in [0, 0.05) is 28.9 Å². The Labute approximate surface area is 211 Å². The lowest BCUT2D eigenvalue weighted by Crippen LogP contribution is -2.47. The molecule has 0 fully saturated rings. The van der Waals surface area contributed by atoms with Gasteiger partial charge in [-0.15, -0.1) is 6.58 Å². The summed E-state index contributed by atoms with van der Waals surface area (Å²) < 4.78 is 0. The Bertz CT molecular complexity index is 924. The number of rotatable bonds is 7. The zero-order valence-electron chi connectivity index (χ0n) is 23.3. The molecule has 0 bridgehead atoms. The molecular formula is C32H48N2. The first-order valence-corrected chi connectivity index (χ1v) is 12.4. The van der Waals surface area contributed by atoms with E-state index in [0.29, 0.717) is 5.41 Å². The molecular weight excluding hydrogens is 412 g/mol. The number of allylic oxidation sites excluding steroid dienone is 5. The molecule has 0 aliphatic carbocycles. The molecule has 1 aromatic carbocycles. The highest BCUT2D eigenvalue weighted by Gasteiger charge is 2.30. The average molecular weight is 461 g/mol. The SMILES string of the molecule is C=CCCC(=C)N1C/C(C=C)=C(/C=C\C)C#Cc2ccccc21.CC.CNC(C)(C)C(C)(C)C. The van der Waals surface area contributed by atoms with Crippen molar-refractivity contribution in [1.29, 1.82) is 0 Å². The molecule has 1 N–H and O–H groups in total. The number of fused-ring (bicyclic) bond motifs is 1. The highest BCUT2D eigenvalue weighted by molar-refractivity contribution is 5.68. The molecule has 1 aliphatic rings. The van der Waals surface area contributed by atoms with E-state index in [1.807, 2.05) is 64.3 Å². The summed E-state index contributed by atoms with van der Waals surface area (Å²) in [5, 5.41) is 3.28. The van der Waals surface area contributed by atoms with Crippen LogP contribution in [0.25, 0.3) is 0 Å². The van der Waals surface area contributed by atoms with Gasteiger partial charge in [0.25, 0.3) is 0 Å². The highest BCUT2D eigenvalue weighted by Crippen LogP contribution is 2.29. The smallest absolute Gasteiger partial charge is 0.0570 e. The van der Waals surface area contributed by atoms with E-state index in [2.05, 4.69) is 88.5 Å². The molecule has 0 aromatic heterocycles. The summed E-state index contributed by atoms with van der Waals surface area (Å²) in [4.78, 5) is 2.24. The minimum absolute atomic E-state index is 0.229. The van der Waals surface area contributed by atoms with Gasteiger partial charge < -0.3 is 10.2 Å². The predicted octanol–water partition coefficient (Wildman–Crippen LogP) is 8.45. The fourth-order valence-electron chi connectivity index (χ4n) is 2.92. The first-order valence-electron chi connectivity index (χ1n) is 12.4. The molecule has 0 atom stereocenters. The van der Waals surface area contributed by atoms with Crippen molar-refractivity contribution in [2.75, 3.05) is 18.5 Å². The van der Waals surface area contributed by atoms with E-state index in [-0.39, 0.29) is 5.54 Å². The second-order valence-electron chi connectivity index (χ2n) is 9.51. The summed E-state index contributed by atoms with van der Waals surface area (Å²) in [5.41, 5.74) is 5.89. The van der Waals surface area contributed by atoms with Gasteiger partial charge in [-0.05, 0) is 63.8 Å². The van der Waals surface area contributed by atoms with Gasteiger partial charge in [0.05, 0.1) is 5.69 Å². The van der Waals surface area contributed by atoms with Crippen LogP contribution in [0.5, 0.6) is 0 Å². The molecule has 1 aromatic rings. The quantitative estimate of drug-likeness (QED) is 0.324. The lowest BCUT2D eigenvalue weighted by Gasteiger charge is -2.38. The first kappa shape index (κ1) is 31.2. The van der Waals surface area contributed by atoms with E-state index >= 15 is 0 Å². The van der Waals surface area contributed by atoms with E-state index in [1.54, 1.807) is 0 Å². The fraction of sp³-hybridized carbons (Fsp3) is 0.438. The molecule has 0 saturated carbocycles. The van der Waals surface area contributed by atoms with Gasteiger partial charge in [-0.1, -0.05) is 96.1 Å². The van der Waals surface area contributed by atoms with Crippen molar-refractivity contribution >= 4 is 5.69 Å². The van der Waals surface area contributed by atoms with Gasteiger partial charge in [0.1, 0.15) is 0 Å². The topological polar surface area (TPSA) is 15.3 Å². The maximum absolute atomic E-state index is 4.28. The summed E-state index contributed by atoms with van der Waals surface area (Å²) in [7, 11) is 2.01. The second-order valence-corrected chi connectivity index (χ2v) is 9.51. The van der Waals surface area contributed by atoms with Crippen LogP contribution in [-0.2, 0) is 0 Å². The van der Waals surface area contributed by atoms with Crippen LogP contribution in [0.3, 0.4) is 0 Å². The summed E-state index contributed by atoms with van der Waals surface area (Å²) in [6.07, 6.45) is 9.68. The summed E-state index contributed by atoms with van der Waals surface area (Å²) in [6.45, 7) is 29.9. The molecule has 0 spiro atoms. The van der Waals surface area contributed by atoms with Crippen molar-refractivity contribution in [3.63, 3.8) is 0 Å². The minimum Gasteiger partial charge on any atom is -0.340 e. The Morgan fingerprint density at radius 3 is 2.18 bits per heavy atom. The lowest BCUT2D eigenvalue weighted by molar-refractivity contribution is 0.189. The molecule has 186 valence electrons. The number of anilines is 1. The zero-order valence-corrected chi connectivity index (χ0v) is 23.3. The number of nitrogens with zero attached hydrogens (tertiary/aromatic N) is 1. The van der Waals surface area contributed by atoms with Gasteiger partial charge in [-0.25, -0.2) is 0 Å². The molecule has 34 heavy (non-hydrogen) atoms. The minimum atomic E-state index is 0.229. The molecule has 1 heterocycles. The Morgan fingerprint density at radius 1 is 1.09 bits per heavy atom. The van der Waals surface area contributed by atoms with Gasteiger partial charge >= 0.3 is 0 Å². The normalized spacial score (nSPS) is 15.3. The summed E-state index contributed by atoms with van der Waals surface area (Å²) in [5.74, 6) is 6.58. The van der Waals surface area contributed by atoms with E-state index < -0.39 is 0 Å². The van der Waals surface area contributed by atoms with Crippen molar-refractivity contribution in [1.82, 2.24) is 5.32 Å². The van der Waals surface area contributed by atoms with Crippen LogP contribution in [-0.4, -0.2) is 19.1 Å². The molecule has 2 nitrogen and oxygen atoms in total. The van der Waals surface area contributed by atoms with E-state index in [9.17, 15) is 0 Å². The molecule has 0 saturated heterocycles.